The zero-order chi connectivity index (χ0) is 16.4. The van der Waals surface area contributed by atoms with Crippen LogP contribution in [0.5, 0.6) is 0 Å². The number of nitrogens with zero attached hydrogens (tertiary/aromatic N) is 1. The van der Waals surface area contributed by atoms with E-state index in [1.165, 1.54) is 6.07 Å². The molecule has 2 aliphatic rings. The van der Waals surface area contributed by atoms with E-state index in [-0.39, 0.29) is 23.2 Å². The van der Waals surface area contributed by atoms with Crippen molar-refractivity contribution in [2.45, 2.75) is 49.4 Å². The smallest absolute Gasteiger partial charge is 0.251 e. The summed E-state index contributed by atoms with van der Waals surface area (Å²) in [5, 5.41) is 11.5. The summed E-state index contributed by atoms with van der Waals surface area (Å²) in [4.78, 5) is 12.3. The predicted molar refractivity (Wildman–Crippen MR) is 85.1 cm³/mol. The van der Waals surface area contributed by atoms with Crippen molar-refractivity contribution in [3.05, 3.63) is 35.4 Å². The first-order valence-electron chi connectivity index (χ1n) is 7.82. The van der Waals surface area contributed by atoms with Crippen molar-refractivity contribution in [1.29, 1.82) is 5.26 Å². The highest BCUT2D eigenvalue weighted by Crippen LogP contribution is 2.29. The van der Waals surface area contributed by atoms with Crippen molar-refractivity contribution in [2.75, 3.05) is 0 Å². The molecule has 0 saturated heterocycles. The Kier molecular flexibility index (Phi) is 4.37. The lowest BCUT2D eigenvalue weighted by molar-refractivity contribution is 0.0933. The molecule has 1 aromatic rings. The van der Waals surface area contributed by atoms with Crippen LogP contribution in [0.15, 0.2) is 24.3 Å². The molecule has 3 rings (SSSR count). The van der Waals surface area contributed by atoms with Crippen molar-refractivity contribution in [2.24, 2.45) is 0 Å². The molecule has 6 nitrogen and oxygen atoms in total. The number of hydrogen-bond acceptors (Lipinski definition) is 4. The summed E-state index contributed by atoms with van der Waals surface area (Å²) in [6, 6.07) is 8.03. The Morgan fingerprint density at radius 2 is 1.91 bits per heavy atom. The molecule has 2 saturated carbocycles. The van der Waals surface area contributed by atoms with Crippen LogP contribution in [0.4, 0.5) is 0 Å². The number of rotatable bonds is 5. The van der Waals surface area contributed by atoms with E-state index in [4.69, 9.17) is 5.26 Å². The van der Waals surface area contributed by atoms with E-state index in [0.29, 0.717) is 11.1 Å². The molecule has 0 radical (unpaired) electrons. The lowest BCUT2D eigenvalue weighted by Crippen LogP contribution is -2.49. The van der Waals surface area contributed by atoms with Gasteiger partial charge in [-0.1, -0.05) is 6.07 Å². The number of sulfonamides is 1. The minimum absolute atomic E-state index is 0.207. The monoisotopic (exact) mass is 333 g/mol. The third-order valence-electron chi connectivity index (χ3n) is 4.37. The second-order valence-corrected chi connectivity index (χ2v) is 8.16. The van der Waals surface area contributed by atoms with Gasteiger partial charge < -0.3 is 5.32 Å². The van der Waals surface area contributed by atoms with Gasteiger partial charge in [0, 0.05) is 17.6 Å². The fraction of sp³-hybridized carbons (Fsp3) is 0.500. The van der Waals surface area contributed by atoms with Crippen LogP contribution in [0.2, 0.25) is 0 Å². The summed E-state index contributed by atoms with van der Waals surface area (Å²) < 4.78 is 26.9. The fourth-order valence-electron chi connectivity index (χ4n) is 2.94. The molecule has 0 aromatic heterocycles. The van der Waals surface area contributed by atoms with Gasteiger partial charge in [-0.05, 0) is 50.3 Å². The van der Waals surface area contributed by atoms with Crippen molar-refractivity contribution >= 4 is 15.9 Å². The summed E-state index contributed by atoms with van der Waals surface area (Å²) in [5.41, 5.74) is 0.842. The first kappa shape index (κ1) is 16.0. The third kappa shape index (κ3) is 3.71. The fourth-order valence-corrected chi connectivity index (χ4v) is 4.59. The summed E-state index contributed by atoms with van der Waals surface area (Å²) >= 11 is 0. The third-order valence-corrected chi connectivity index (χ3v) is 6.35. The molecular formula is C16H19N3O3S. The molecule has 0 heterocycles. The molecule has 0 spiro atoms. The van der Waals surface area contributed by atoms with Crippen LogP contribution in [-0.4, -0.2) is 31.7 Å². The quantitative estimate of drug-likeness (QED) is 0.848. The molecule has 122 valence electrons. The second kappa shape index (κ2) is 6.30. The Morgan fingerprint density at radius 1 is 1.17 bits per heavy atom. The van der Waals surface area contributed by atoms with Gasteiger partial charge in [0.25, 0.3) is 5.91 Å². The molecular weight excluding hydrogens is 314 g/mol. The Labute approximate surface area is 135 Å². The van der Waals surface area contributed by atoms with Crippen LogP contribution in [-0.2, 0) is 10.0 Å². The average molecular weight is 333 g/mol. The van der Waals surface area contributed by atoms with Crippen molar-refractivity contribution < 1.29 is 13.2 Å². The molecule has 23 heavy (non-hydrogen) atoms. The number of carbonyl (C=O) groups is 1. The van der Waals surface area contributed by atoms with Crippen LogP contribution in [0, 0.1) is 11.3 Å². The Bertz CT molecular complexity index is 750. The van der Waals surface area contributed by atoms with Crippen LogP contribution in [0.25, 0.3) is 0 Å². The van der Waals surface area contributed by atoms with Crippen LogP contribution >= 0.6 is 0 Å². The largest absolute Gasteiger partial charge is 0.348 e. The van der Waals surface area contributed by atoms with E-state index in [1.807, 2.05) is 6.07 Å². The number of hydrogen-bond donors (Lipinski definition) is 2. The standard InChI is InChI=1S/C16H19N3O3S/c17-10-11-3-1-4-12(9-11)16(20)18-14-5-2-6-15(14)19-23(21,22)13-7-8-13/h1,3-4,9,13-15,19H,2,5-8H2,(H,18,20). The molecule has 2 N–H and O–H groups in total. The molecule has 2 fully saturated rings. The van der Waals surface area contributed by atoms with Crippen LogP contribution in [0.3, 0.4) is 0 Å². The molecule has 0 bridgehead atoms. The number of amides is 1. The van der Waals surface area contributed by atoms with Gasteiger partial charge in [-0.2, -0.15) is 5.26 Å². The minimum Gasteiger partial charge on any atom is -0.348 e. The Hall–Kier alpha value is -1.91. The number of carbonyl (C=O) groups excluding carboxylic acids is 1. The maximum Gasteiger partial charge on any atom is 0.251 e. The molecule has 1 amide bonds. The first-order chi connectivity index (χ1) is 11.0. The van der Waals surface area contributed by atoms with Gasteiger partial charge in [0.05, 0.1) is 16.9 Å². The summed E-state index contributed by atoms with van der Waals surface area (Å²) in [6.45, 7) is 0. The van der Waals surface area contributed by atoms with E-state index >= 15 is 0 Å². The van der Waals surface area contributed by atoms with Gasteiger partial charge in [0.15, 0.2) is 0 Å². The van der Waals surface area contributed by atoms with Crippen molar-refractivity contribution in [3.8, 4) is 6.07 Å². The normalized spacial score (nSPS) is 24.1. The number of nitrogens with one attached hydrogen (secondary N) is 2. The molecule has 7 heteroatoms. The SMILES string of the molecule is N#Cc1cccc(C(=O)NC2CCCC2NS(=O)(=O)C2CC2)c1. The molecule has 2 atom stereocenters. The lowest BCUT2D eigenvalue weighted by atomic mass is 10.1. The van der Waals surface area contributed by atoms with Gasteiger partial charge in [-0.15, -0.1) is 0 Å². The Balaban J connectivity index is 1.66. The minimum atomic E-state index is -3.26. The zero-order valence-corrected chi connectivity index (χ0v) is 13.5. The highest BCUT2D eigenvalue weighted by atomic mass is 32.2. The van der Waals surface area contributed by atoms with E-state index in [0.717, 1.165) is 32.1 Å². The topological polar surface area (TPSA) is 99.1 Å². The van der Waals surface area contributed by atoms with Crippen molar-refractivity contribution in [1.82, 2.24) is 10.0 Å². The average Bonchev–Trinajstić information content (AvgIpc) is 3.32. The molecule has 2 unspecified atom stereocenters. The van der Waals surface area contributed by atoms with Crippen molar-refractivity contribution in [3.63, 3.8) is 0 Å². The van der Waals surface area contributed by atoms with E-state index in [9.17, 15) is 13.2 Å². The van der Waals surface area contributed by atoms with Gasteiger partial charge in [-0.25, -0.2) is 13.1 Å². The first-order valence-corrected chi connectivity index (χ1v) is 9.36. The highest BCUT2D eigenvalue weighted by molar-refractivity contribution is 7.90. The predicted octanol–water partition coefficient (Wildman–Crippen LogP) is 1.29. The molecule has 0 aliphatic heterocycles. The lowest BCUT2D eigenvalue weighted by Gasteiger charge is -2.22. The number of nitriles is 1. The molecule has 2 aliphatic carbocycles. The van der Waals surface area contributed by atoms with E-state index in [1.54, 1.807) is 18.2 Å². The van der Waals surface area contributed by atoms with Gasteiger partial charge in [0.1, 0.15) is 0 Å². The number of benzene rings is 1. The van der Waals surface area contributed by atoms with Gasteiger partial charge in [-0.3, -0.25) is 4.79 Å². The van der Waals surface area contributed by atoms with Gasteiger partial charge >= 0.3 is 0 Å². The second-order valence-electron chi connectivity index (χ2n) is 6.17. The summed E-state index contributed by atoms with van der Waals surface area (Å²) in [5.74, 6) is -0.274. The van der Waals surface area contributed by atoms with Crippen LogP contribution in [0.1, 0.15) is 48.0 Å². The van der Waals surface area contributed by atoms with Gasteiger partial charge in [0.2, 0.25) is 10.0 Å². The maximum absolute atomic E-state index is 12.3. The summed E-state index contributed by atoms with van der Waals surface area (Å²) in [6.07, 6.45) is 3.80. The zero-order valence-electron chi connectivity index (χ0n) is 12.7. The Morgan fingerprint density at radius 3 is 2.61 bits per heavy atom. The highest BCUT2D eigenvalue weighted by Gasteiger charge is 2.39. The van der Waals surface area contributed by atoms with E-state index in [2.05, 4.69) is 10.0 Å². The molecule has 1 aromatic carbocycles. The van der Waals surface area contributed by atoms with Crippen LogP contribution < -0.4 is 10.0 Å². The van der Waals surface area contributed by atoms with E-state index < -0.39 is 10.0 Å². The summed E-state index contributed by atoms with van der Waals surface area (Å²) in [7, 11) is -3.26. The maximum atomic E-state index is 12.3.